The van der Waals surface area contributed by atoms with Gasteiger partial charge in [0.25, 0.3) is 0 Å². The molecule has 0 amide bonds. The molecule has 4 nitrogen and oxygen atoms in total. The number of fused-ring (bicyclic) bond motifs is 20. The van der Waals surface area contributed by atoms with Crippen molar-refractivity contribution in [1.82, 2.24) is 19.9 Å². The predicted octanol–water partition coefficient (Wildman–Crippen LogP) is 23.2. The van der Waals surface area contributed by atoms with Crippen LogP contribution < -0.4 is 0 Å². The van der Waals surface area contributed by atoms with E-state index in [-0.39, 0.29) is 0 Å². The molecule has 2 aliphatic rings. The predicted molar refractivity (Wildman–Crippen MR) is 351 cm³/mol. The molecule has 0 radical (unpaired) electrons. The maximum absolute atomic E-state index is 5.83. The number of rotatable bonds is 32. The fraction of sp³-hybridized carbons (Fsp3) is 0.526. The highest BCUT2D eigenvalue weighted by atomic mass is 14.8. The summed E-state index contributed by atoms with van der Waals surface area (Å²) in [6, 6.07) is 30.4. The summed E-state index contributed by atoms with van der Waals surface area (Å²) in [6.45, 7) is 18.7. The molecule has 4 aromatic carbocycles. The first kappa shape index (κ1) is 59.2. The molecule has 5 heterocycles. The lowest BCUT2D eigenvalue weighted by Gasteiger charge is -2.13. The highest BCUT2D eigenvalue weighted by Crippen LogP contribution is 2.44. The van der Waals surface area contributed by atoms with Gasteiger partial charge in [0.15, 0.2) is 0 Å². The van der Waals surface area contributed by atoms with E-state index >= 15 is 0 Å². The average Bonchev–Trinajstić information content (AvgIpc) is 4.26. The SMILES string of the molecule is CCCCCc1cc2c(cc1CCCCC)-c1cc3[nH]c(cc4nc(cc5[nH]c(cc-2n1)c1cc(CCCCC)c(CCCCC)cc51)-c1cc(CCCCC)c(CCCCC)cc1-4)c1cc(CCCCC)c(CCCCC)cc31. The Balaban J connectivity index is 1.41. The number of nitrogens with zero attached hydrogens (tertiary/aromatic N) is 2. The fourth-order valence-corrected chi connectivity index (χ4v) is 13.4. The highest BCUT2D eigenvalue weighted by molar-refractivity contribution is 6.11. The van der Waals surface area contributed by atoms with E-state index in [0.29, 0.717) is 0 Å². The van der Waals surface area contributed by atoms with Crippen molar-refractivity contribution in [3.63, 3.8) is 0 Å². The smallest absolute Gasteiger partial charge is 0.0737 e. The van der Waals surface area contributed by atoms with E-state index in [1.165, 1.54) is 242 Å². The van der Waals surface area contributed by atoms with Crippen LogP contribution in [0.2, 0.25) is 0 Å². The van der Waals surface area contributed by atoms with E-state index in [9.17, 15) is 0 Å². The summed E-state index contributed by atoms with van der Waals surface area (Å²) in [6.07, 6.45) is 38.6. The van der Waals surface area contributed by atoms with Crippen LogP contribution in [0.4, 0.5) is 0 Å². The second-order valence-electron chi connectivity index (χ2n) is 24.6. The maximum atomic E-state index is 5.83. The van der Waals surface area contributed by atoms with E-state index < -0.39 is 0 Å². The molecule has 426 valence electrons. The summed E-state index contributed by atoms with van der Waals surface area (Å²) in [5.41, 5.74) is 26.2. The number of benzene rings is 4. The lowest BCUT2D eigenvalue weighted by Crippen LogP contribution is -1.97. The minimum Gasteiger partial charge on any atom is -0.354 e. The van der Waals surface area contributed by atoms with Gasteiger partial charge >= 0.3 is 0 Å². The van der Waals surface area contributed by atoms with Gasteiger partial charge in [0, 0.05) is 65.9 Å². The zero-order chi connectivity index (χ0) is 55.8. The van der Waals surface area contributed by atoms with E-state index in [1.807, 2.05) is 0 Å². The molecular weight excluding hydrogens is 969 g/mol. The molecule has 0 saturated heterocycles. The standard InChI is InChI=1S/C76H102N4/c1-9-17-25-33-53-41-61-62(42-54(53)34-26-18-10-2)70-50-72-65-45-57(37-29-21-13-5)58(38-30-22-14-6)46-66(65)74(79-72)52-76-68-48-60(40-32-24-16-8)59(39-31-23-15-7)47-67(68)75(80-76)51-73-64-44-56(36-28-20-12-4)55(35-27-19-11-3)43-63(64)71(78-73)49-69(61)77-70/h41-52,77,80H,9-40H2,1-8H3. The Kier molecular flexibility index (Phi) is 21.8. The Morgan fingerprint density at radius 1 is 0.225 bits per heavy atom. The monoisotopic (exact) mass is 1070 g/mol. The lowest BCUT2D eigenvalue weighted by molar-refractivity contribution is 0.694. The third-order valence-electron chi connectivity index (χ3n) is 18.2. The summed E-state index contributed by atoms with van der Waals surface area (Å²) in [4.78, 5) is 20.0. The third kappa shape index (κ3) is 14.0. The molecule has 7 aromatic rings. The van der Waals surface area contributed by atoms with Crippen LogP contribution in [0, 0.1) is 0 Å². The number of H-pyrrole nitrogens is 2. The van der Waals surface area contributed by atoms with E-state index in [0.717, 1.165) is 96.2 Å². The van der Waals surface area contributed by atoms with Gasteiger partial charge in [-0.05, 0) is 220 Å². The van der Waals surface area contributed by atoms with Crippen LogP contribution in [0.3, 0.4) is 0 Å². The number of hydrogen-bond donors (Lipinski definition) is 2. The van der Waals surface area contributed by atoms with E-state index in [1.54, 1.807) is 0 Å². The van der Waals surface area contributed by atoms with Gasteiger partial charge in [-0.2, -0.15) is 0 Å². The topological polar surface area (TPSA) is 57.4 Å². The third-order valence-corrected chi connectivity index (χ3v) is 18.2. The van der Waals surface area contributed by atoms with Gasteiger partial charge in [-0.3, -0.25) is 0 Å². The number of aromatic nitrogens is 4. The number of hydrogen-bond acceptors (Lipinski definition) is 2. The normalized spacial score (nSPS) is 12.1. The second-order valence-corrected chi connectivity index (χ2v) is 24.6. The average molecular weight is 1070 g/mol. The number of aromatic amines is 2. The van der Waals surface area contributed by atoms with Crippen molar-refractivity contribution in [2.24, 2.45) is 0 Å². The molecule has 8 bridgehead atoms. The summed E-state index contributed by atoms with van der Waals surface area (Å²) in [5.74, 6) is 0. The summed E-state index contributed by atoms with van der Waals surface area (Å²) < 4.78 is 0. The van der Waals surface area contributed by atoms with Crippen LogP contribution in [0.1, 0.15) is 254 Å². The zero-order valence-corrected chi connectivity index (χ0v) is 51.5. The summed E-state index contributed by atoms with van der Waals surface area (Å²) >= 11 is 0. The van der Waals surface area contributed by atoms with Crippen molar-refractivity contribution in [3.05, 3.63) is 117 Å². The molecule has 80 heavy (non-hydrogen) atoms. The van der Waals surface area contributed by atoms with Crippen LogP contribution >= 0.6 is 0 Å². The quantitative estimate of drug-likeness (QED) is 0.0413. The summed E-state index contributed by atoms with van der Waals surface area (Å²) in [5, 5.41) is 5.22. The van der Waals surface area contributed by atoms with E-state index in [4.69, 9.17) is 9.97 Å². The Bertz CT molecular complexity index is 2910. The molecule has 2 N–H and O–H groups in total. The van der Waals surface area contributed by atoms with Crippen LogP contribution in [0.5, 0.6) is 0 Å². The van der Waals surface area contributed by atoms with Crippen molar-refractivity contribution < 1.29 is 0 Å². The van der Waals surface area contributed by atoms with Gasteiger partial charge < -0.3 is 9.97 Å². The molecular formula is C76H102N4. The van der Waals surface area contributed by atoms with Gasteiger partial charge in [0.05, 0.1) is 22.8 Å². The van der Waals surface area contributed by atoms with E-state index in [2.05, 4.69) is 138 Å². The molecule has 2 aliphatic heterocycles. The van der Waals surface area contributed by atoms with Crippen LogP contribution in [-0.2, 0) is 51.4 Å². The highest BCUT2D eigenvalue weighted by Gasteiger charge is 2.24. The largest absolute Gasteiger partial charge is 0.354 e. The fourth-order valence-electron chi connectivity index (χ4n) is 13.4. The number of nitrogens with one attached hydrogen (secondary N) is 2. The van der Waals surface area contributed by atoms with Gasteiger partial charge in [-0.25, -0.2) is 9.97 Å². The first-order chi connectivity index (χ1) is 39.3. The number of unbranched alkanes of at least 4 members (excludes halogenated alkanes) is 16. The van der Waals surface area contributed by atoms with Crippen molar-refractivity contribution in [3.8, 4) is 45.0 Å². The molecule has 3 aromatic heterocycles. The van der Waals surface area contributed by atoms with Crippen molar-refractivity contribution in [2.45, 2.75) is 261 Å². The van der Waals surface area contributed by atoms with Crippen LogP contribution in [0.15, 0.2) is 72.8 Å². The zero-order valence-electron chi connectivity index (χ0n) is 51.5. The van der Waals surface area contributed by atoms with Crippen LogP contribution in [0.25, 0.3) is 88.6 Å². The Hall–Kier alpha value is -5.48. The van der Waals surface area contributed by atoms with Gasteiger partial charge in [-0.15, -0.1) is 0 Å². The molecule has 0 aliphatic carbocycles. The molecule has 0 fully saturated rings. The molecule has 4 heteroatoms. The molecule has 0 unspecified atom stereocenters. The molecule has 0 saturated carbocycles. The molecule has 0 atom stereocenters. The Morgan fingerprint density at radius 3 is 0.575 bits per heavy atom. The number of aryl methyl sites for hydroxylation is 8. The molecule has 9 rings (SSSR count). The van der Waals surface area contributed by atoms with Crippen LogP contribution in [-0.4, -0.2) is 19.9 Å². The summed E-state index contributed by atoms with van der Waals surface area (Å²) in [7, 11) is 0. The van der Waals surface area contributed by atoms with Crippen molar-refractivity contribution >= 4 is 43.6 Å². The minimum atomic E-state index is 1.07. The maximum Gasteiger partial charge on any atom is 0.0737 e. The Labute approximate surface area is 484 Å². The van der Waals surface area contributed by atoms with Gasteiger partial charge in [0.2, 0.25) is 0 Å². The first-order valence-corrected chi connectivity index (χ1v) is 33.3. The second kappa shape index (κ2) is 29.5. The van der Waals surface area contributed by atoms with Crippen molar-refractivity contribution in [2.75, 3.05) is 0 Å². The van der Waals surface area contributed by atoms with Crippen molar-refractivity contribution in [1.29, 1.82) is 0 Å². The van der Waals surface area contributed by atoms with Gasteiger partial charge in [-0.1, -0.05) is 158 Å². The first-order valence-electron chi connectivity index (χ1n) is 33.3. The van der Waals surface area contributed by atoms with Gasteiger partial charge in [0.1, 0.15) is 0 Å². The lowest BCUT2D eigenvalue weighted by atomic mass is 9.90. The Morgan fingerprint density at radius 2 is 0.400 bits per heavy atom. The minimum absolute atomic E-state index is 1.07. The molecule has 0 spiro atoms.